The Morgan fingerprint density at radius 3 is 2.50 bits per heavy atom. The molecule has 0 unspecified atom stereocenters. The van der Waals surface area contributed by atoms with Crippen LogP contribution in [0.25, 0.3) is 0 Å². The minimum absolute atomic E-state index is 0.642. The van der Waals surface area contributed by atoms with E-state index in [1.807, 2.05) is 18.2 Å². The Hall–Kier alpha value is -2.16. The monoisotopic (exact) mass is 242 g/mol. The molecule has 0 spiro atoms. The summed E-state index contributed by atoms with van der Waals surface area (Å²) >= 11 is 0. The first-order valence-corrected chi connectivity index (χ1v) is 5.88. The fourth-order valence-electron chi connectivity index (χ4n) is 1.90. The number of benzene rings is 2. The number of anilines is 3. The highest BCUT2D eigenvalue weighted by molar-refractivity contribution is 5.68. The van der Waals surface area contributed by atoms with Crippen LogP contribution in [0.15, 0.2) is 36.4 Å². The largest absolute Gasteiger partial charge is 0.495 e. The van der Waals surface area contributed by atoms with E-state index in [1.54, 1.807) is 7.11 Å². The number of aryl methyl sites for hydroxylation is 2. The molecule has 18 heavy (non-hydrogen) atoms. The molecular weight excluding hydrogens is 224 g/mol. The van der Waals surface area contributed by atoms with Crippen LogP contribution in [0.2, 0.25) is 0 Å². The summed E-state index contributed by atoms with van der Waals surface area (Å²) in [5.41, 5.74) is 11.0. The number of nitrogen functional groups attached to an aromatic ring is 1. The van der Waals surface area contributed by atoms with Gasteiger partial charge in [-0.05, 0) is 37.6 Å². The van der Waals surface area contributed by atoms with Crippen molar-refractivity contribution in [1.29, 1.82) is 0 Å². The van der Waals surface area contributed by atoms with Crippen molar-refractivity contribution in [3.05, 3.63) is 47.5 Å². The van der Waals surface area contributed by atoms with Crippen LogP contribution >= 0.6 is 0 Å². The Morgan fingerprint density at radius 2 is 1.83 bits per heavy atom. The molecule has 0 saturated heterocycles. The van der Waals surface area contributed by atoms with Gasteiger partial charge in [-0.25, -0.2) is 0 Å². The van der Waals surface area contributed by atoms with E-state index in [-0.39, 0.29) is 0 Å². The second-order valence-electron chi connectivity index (χ2n) is 4.40. The molecule has 3 N–H and O–H groups in total. The van der Waals surface area contributed by atoms with Gasteiger partial charge >= 0.3 is 0 Å². The summed E-state index contributed by atoms with van der Waals surface area (Å²) in [5.74, 6) is 0.685. The first-order chi connectivity index (χ1) is 8.60. The third-order valence-electron chi connectivity index (χ3n) is 2.89. The predicted molar refractivity (Wildman–Crippen MR) is 76.6 cm³/mol. The first-order valence-electron chi connectivity index (χ1n) is 5.88. The summed E-state index contributed by atoms with van der Waals surface area (Å²) in [7, 11) is 1.62. The molecule has 0 aromatic heterocycles. The van der Waals surface area contributed by atoms with Crippen LogP contribution in [-0.4, -0.2) is 7.11 Å². The van der Waals surface area contributed by atoms with Crippen LogP contribution < -0.4 is 15.8 Å². The predicted octanol–water partition coefficient (Wildman–Crippen LogP) is 3.64. The highest BCUT2D eigenvalue weighted by Gasteiger charge is 2.03. The van der Waals surface area contributed by atoms with Crippen LogP contribution in [0.5, 0.6) is 5.75 Å². The Kier molecular flexibility index (Phi) is 3.42. The number of nitrogens with two attached hydrogens (primary N) is 1. The van der Waals surface area contributed by atoms with Crippen molar-refractivity contribution in [2.24, 2.45) is 0 Å². The lowest BCUT2D eigenvalue weighted by Gasteiger charge is -2.12. The normalized spacial score (nSPS) is 10.2. The number of hydrogen-bond acceptors (Lipinski definition) is 3. The van der Waals surface area contributed by atoms with Gasteiger partial charge in [-0.3, -0.25) is 0 Å². The molecule has 0 bridgehead atoms. The van der Waals surface area contributed by atoms with Crippen LogP contribution in [0, 0.1) is 13.8 Å². The van der Waals surface area contributed by atoms with Gasteiger partial charge in [-0.1, -0.05) is 17.7 Å². The van der Waals surface area contributed by atoms with Crippen LogP contribution in [0.1, 0.15) is 11.1 Å². The average Bonchev–Trinajstić information content (AvgIpc) is 2.35. The quantitative estimate of drug-likeness (QED) is 0.808. The maximum absolute atomic E-state index is 5.79. The summed E-state index contributed by atoms with van der Waals surface area (Å²) in [6.45, 7) is 4.17. The Morgan fingerprint density at radius 1 is 1.06 bits per heavy atom. The molecule has 94 valence electrons. The summed E-state index contributed by atoms with van der Waals surface area (Å²) in [4.78, 5) is 0. The Bertz CT molecular complexity index is 564. The molecule has 0 amide bonds. The Balaban J connectivity index is 2.28. The van der Waals surface area contributed by atoms with Crippen LogP contribution in [-0.2, 0) is 0 Å². The first kappa shape index (κ1) is 12.3. The minimum Gasteiger partial charge on any atom is -0.495 e. The van der Waals surface area contributed by atoms with Gasteiger partial charge in [0, 0.05) is 17.4 Å². The van der Waals surface area contributed by atoms with Crippen molar-refractivity contribution < 1.29 is 4.74 Å². The molecule has 2 aromatic rings. The van der Waals surface area contributed by atoms with Gasteiger partial charge < -0.3 is 15.8 Å². The number of rotatable bonds is 3. The van der Waals surface area contributed by atoms with Gasteiger partial charge in [0.2, 0.25) is 0 Å². The number of ether oxygens (including phenoxy) is 1. The molecule has 3 heteroatoms. The zero-order valence-corrected chi connectivity index (χ0v) is 10.9. The Labute approximate surface area is 108 Å². The highest BCUT2D eigenvalue weighted by Crippen LogP contribution is 2.28. The lowest BCUT2D eigenvalue weighted by Crippen LogP contribution is -1.96. The molecule has 3 nitrogen and oxygen atoms in total. The molecule has 0 radical (unpaired) electrons. The molecule has 0 aliphatic carbocycles. The highest BCUT2D eigenvalue weighted by atomic mass is 16.5. The van der Waals surface area contributed by atoms with Gasteiger partial charge in [0.05, 0.1) is 12.8 Å². The topological polar surface area (TPSA) is 47.3 Å². The van der Waals surface area contributed by atoms with Gasteiger partial charge in [0.25, 0.3) is 0 Å². The number of hydrogen-bond donors (Lipinski definition) is 2. The van der Waals surface area contributed by atoms with E-state index in [0.29, 0.717) is 11.4 Å². The van der Waals surface area contributed by atoms with E-state index in [4.69, 9.17) is 10.5 Å². The number of nitrogens with one attached hydrogen (secondary N) is 1. The lowest BCUT2D eigenvalue weighted by atomic mass is 10.1. The zero-order valence-electron chi connectivity index (χ0n) is 10.9. The van der Waals surface area contributed by atoms with Crippen molar-refractivity contribution in [3.63, 3.8) is 0 Å². The summed E-state index contributed by atoms with van der Waals surface area (Å²) in [6, 6.07) is 12.0. The smallest absolute Gasteiger partial charge is 0.143 e. The van der Waals surface area contributed by atoms with E-state index in [2.05, 4.69) is 37.4 Å². The van der Waals surface area contributed by atoms with Gasteiger partial charge in [0.15, 0.2) is 0 Å². The summed E-state index contributed by atoms with van der Waals surface area (Å²) in [5, 5.41) is 3.37. The fourth-order valence-corrected chi connectivity index (χ4v) is 1.90. The second kappa shape index (κ2) is 5.00. The minimum atomic E-state index is 0.642. The SMILES string of the molecule is COc1cc(Nc2ccc(C)cc2C)ccc1N. The van der Waals surface area contributed by atoms with E-state index in [9.17, 15) is 0 Å². The maximum atomic E-state index is 5.79. The van der Waals surface area contributed by atoms with Crippen molar-refractivity contribution >= 4 is 17.1 Å². The van der Waals surface area contributed by atoms with Crippen molar-refractivity contribution in [1.82, 2.24) is 0 Å². The third-order valence-corrected chi connectivity index (χ3v) is 2.89. The molecule has 0 saturated carbocycles. The fraction of sp³-hybridized carbons (Fsp3) is 0.200. The molecule has 0 heterocycles. The van der Waals surface area contributed by atoms with Crippen LogP contribution in [0.3, 0.4) is 0 Å². The van der Waals surface area contributed by atoms with E-state index >= 15 is 0 Å². The summed E-state index contributed by atoms with van der Waals surface area (Å²) in [6.07, 6.45) is 0. The zero-order chi connectivity index (χ0) is 13.1. The molecule has 2 rings (SSSR count). The van der Waals surface area contributed by atoms with E-state index in [0.717, 1.165) is 11.4 Å². The third kappa shape index (κ3) is 2.56. The number of methoxy groups -OCH3 is 1. The van der Waals surface area contributed by atoms with Crippen LogP contribution in [0.4, 0.5) is 17.1 Å². The molecule has 0 aliphatic rings. The van der Waals surface area contributed by atoms with E-state index in [1.165, 1.54) is 11.1 Å². The summed E-state index contributed by atoms with van der Waals surface area (Å²) < 4.78 is 5.21. The molecular formula is C15H18N2O. The van der Waals surface area contributed by atoms with Crippen molar-refractivity contribution in [2.45, 2.75) is 13.8 Å². The van der Waals surface area contributed by atoms with Gasteiger partial charge in [0.1, 0.15) is 5.75 Å². The molecule has 0 fully saturated rings. The van der Waals surface area contributed by atoms with Crippen molar-refractivity contribution in [2.75, 3.05) is 18.2 Å². The average molecular weight is 242 g/mol. The lowest BCUT2D eigenvalue weighted by molar-refractivity contribution is 0.417. The van der Waals surface area contributed by atoms with Gasteiger partial charge in [-0.2, -0.15) is 0 Å². The second-order valence-corrected chi connectivity index (χ2v) is 4.40. The van der Waals surface area contributed by atoms with Gasteiger partial charge in [-0.15, -0.1) is 0 Å². The molecule has 0 aliphatic heterocycles. The van der Waals surface area contributed by atoms with Crippen molar-refractivity contribution in [3.8, 4) is 5.75 Å². The maximum Gasteiger partial charge on any atom is 0.143 e. The standard InChI is InChI=1S/C15H18N2O/c1-10-4-7-14(11(2)8-10)17-12-5-6-13(16)15(9-12)18-3/h4-9,17H,16H2,1-3H3. The molecule has 0 atom stereocenters. The van der Waals surface area contributed by atoms with E-state index < -0.39 is 0 Å². The molecule has 2 aromatic carbocycles.